The van der Waals surface area contributed by atoms with Crippen molar-refractivity contribution < 1.29 is 9.21 Å². The fourth-order valence-electron chi connectivity index (χ4n) is 2.24. The second kappa shape index (κ2) is 11.5. The second-order valence-corrected chi connectivity index (χ2v) is 6.36. The third-order valence-electron chi connectivity index (χ3n) is 3.62. The van der Waals surface area contributed by atoms with E-state index in [1.807, 2.05) is 45.3 Å². The Morgan fingerprint density at radius 3 is 2.52 bits per heavy atom. The van der Waals surface area contributed by atoms with Crippen molar-refractivity contribution in [2.75, 3.05) is 27.2 Å². The van der Waals surface area contributed by atoms with Crippen LogP contribution < -0.4 is 5.32 Å². The maximum atomic E-state index is 12.0. The van der Waals surface area contributed by atoms with Gasteiger partial charge in [-0.2, -0.15) is 0 Å². The van der Waals surface area contributed by atoms with Gasteiger partial charge in [0.05, 0.1) is 5.69 Å². The van der Waals surface area contributed by atoms with Gasteiger partial charge in [-0.05, 0) is 26.1 Å². The number of nitrogens with one attached hydrogen (secondary N) is 1. The molecule has 2 aromatic rings. The third-order valence-corrected chi connectivity index (χ3v) is 4.15. The molecule has 25 heavy (non-hydrogen) atoms. The van der Waals surface area contributed by atoms with Gasteiger partial charge in [-0.1, -0.05) is 28.1 Å². The van der Waals surface area contributed by atoms with E-state index < -0.39 is 0 Å². The number of likely N-dealkylation sites (N-methyl/N-ethyl adjacent to an activating group) is 2. The van der Waals surface area contributed by atoms with E-state index in [1.165, 1.54) is 0 Å². The van der Waals surface area contributed by atoms with Crippen molar-refractivity contribution in [3.63, 3.8) is 0 Å². The number of benzene rings is 1. The highest BCUT2D eigenvalue weighted by atomic mass is 79.9. The predicted octanol–water partition coefficient (Wildman–Crippen LogP) is 3.87. The van der Waals surface area contributed by atoms with E-state index in [9.17, 15) is 4.79 Å². The van der Waals surface area contributed by atoms with Crippen molar-refractivity contribution in [3.8, 4) is 11.3 Å². The molecule has 0 bridgehead atoms. The molecule has 0 aliphatic heterocycles. The van der Waals surface area contributed by atoms with Crippen LogP contribution in [0.2, 0.25) is 0 Å². The fourth-order valence-corrected chi connectivity index (χ4v) is 2.50. The Hall–Kier alpha value is -1.08. The lowest BCUT2D eigenvalue weighted by Crippen LogP contribution is -2.32. The summed E-state index contributed by atoms with van der Waals surface area (Å²) >= 11 is 3.42. The maximum Gasteiger partial charge on any atom is 0.222 e. The average Bonchev–Trinajstić information content (AvgIpc) is 2.92. The Bertz CT molecular complexity index is 662. The Kier molecular flexibility index (Phi) is 11.0. The van der Waals surface area contributed by atoms with E-state index in [0.29, 0.717) is 25.3 Å². The fraction of sp³-hybridized carbons (Fsp3) is 0.412. The number of hydrogen-bond acceptors (Lipinski definition) is 4. The zero-order valence-electron chi connectivity index (χ0n) is 14.5. The third kappa shape index (κ3) is 6.98. The molecule has 140 valence electrons. The largest absolute Gasteiger partial charge is 0.440 e. The zero-order chi connectivity index (χ0) is 16.8. The van der Waals surface area contributed by atoms with Crippen LogP contribution in [0, 0.1) is 6.92 Å². The smallest absolute Gasteiger partial charge is 0.222 e. The number of nitrogens with zero attached hydrogens (tertiary/aromatic N) is 2. The summed E-state index contributed by atoms with van der Waals surface area (Å²) in [7, 11) is 3.69. The van der Waals surface area contributed by atoms with Gasteiger partial charge in [0, 0.05) is 43.0 Å². The first-order valence-corrected chi connectivity index (χ1v) is 8.41. The van der Waals surface area contributed by atoms with Crippen molar-refractivity contribution >= 4 is 46.7 Å². The minimum Gasteiger partial charge on any atom is -0.440 e. The number of amides is 1. The lowest BCUT2D eigenvalue weighted by molar-refractivity contribution is -0.129. The summed E-state index contributed by atoms with van der Waals surface area (Å²) in [6.07, 6.45) is 0.917. The quantitative estimate of drug-likeness (QED) is 0.692. The molecule has 0 saturated carbocycles. The highest BCUT2D eigenvalue weighted by Gasteiger charge is 2.14. The van der Waals surface area contributed by atoms with Crippen LogP contribution in [0.4, 0.5) is 0 Å². The monoisotopic (exact) mass is 451 g/mol. The molecule has 1 N–H and O–H groups in total. The van der Waals surface area contributed by atoms with Crippen LogP contribution in [-0.2, 0) is 11.2 Å². The minimum absolute atomic E-state index is 0. The average molecular weight is 453 g/mol. The van der Waals surface area contributed by atoms with Gasteiger partial charge >= 0.3 is 0 Å². The van der Waals surface area contributed by atoms with Gasteiger partial charge < -0.3 is 14.6 Å². The molecule has 0 aliphatic carbocycles. The summed E-state index contributed by atoms with van der Waals surface area (Å²) < 4.78 is 6.86. The summed E-state index contributed by atoms with van der Waals surface area (Å²) in [6, 6.07) is 7.91. The molecule has 0 atom stereocenters. The molecule has 0 radical (unpaired) electrons. The summed E-state index contributed by atoms with van der Waals surface area (Å²) in [5.74, 6) is 1.47. The molecular formula is C17H24BrCl2N3O2. The Morgan fingerprint density at radius 1 is 1.28 bits per heavy atom. The lowest BCUT2D eigenvalue weighted by Gasteiger charge is -2.16. The second-order valence-electron chi connectivity index (χ2n) is 5.45. The van der Waals surface area contributed by atoms with Crippen LogP contribution in [-0.4, -0.2) is 43.0 Å². The molecule has 0 saturated heterocycles. The molecule has 1 aromatic carbocycles. The van der Waals surface area contributed by atoms with Gasteiger partial charge in [0.25, 0.3) is 0 Å². The summed E-state index contributed by atoms with van der Waals surface area (Å²) in [4.78, 5) is 18.2. The van der Waals surface area contributed by atoms with Crippen LogP contribution >= 0.6 is 40.7 Å². The highest BCUT2D eigenvalue weighted by Crippen LogP contribution is 2.26. The lowest BCUT2D eigenvalue weighted by atomic mass is 10.1. The molecular weight excluding hydrogens is 429 g/mol. The van der Waals surface area contributed by atoms with E-state index in [1.54, 1.807) is 4.90 Å². The summed E-state index contributed by atoms with van der Waals surface area (Å²) in [5, 5.41) is 3.03. The van der Waals surface area contributed by atoms with Crippen molar-refractivity contribution in [2.24, 2.45) is 0 Å². The molecule has 1 amide bonds. The molecule has 0 unspecified atom stereocenters. The van der Waals surface area contributed by atoms with Gasteiger partial charge in [-0.15, -0.1) is 24.8 Å². The molecule has 1 heterocycles. The number of rotatable bonds is 7. The number of aromatic nitrogens is 1. The number of carbonyl (C=O) groups is 1. The van der Waals surface area contributed by atoms with Gasteiger partial charge in [-0.3, -0.25) is 4.79 Å². The molecule has 2 rings (SSSR count). The normalized spacial score (nSPS) is 9.92. The van der Waals surface area contributed by atoms with E-state index in [4.69, 9.17) is 4.42 Å². The van der Waals surface area contributed by atoms with Crippen molar-refractivity contribution in [1.82, 2.24) is 15.2 Å². The molecule has 8 heteroatoms. The van der Waals surface area contributed by atoms with Crippen LogP contribution in [0.15, 0.2) is 33.2 Å². The number of oxazole rings is 1. The van der Waals surface area contributed by atoms with Crippen molar-refractivity contribution in [3.05, 3.63) is 40.3 Å². The first-order valence-electron chi connectivity index (χ1n) is 7.62. The number of carbonyl (C=O) groups excluding carboxylic acids is 1. The standard InChI is InChI=1S/C17H22BrN3O2.2ClH/c1-12-17(13-4-6-14(18)7-5-13)23-15(20-12)8-9-16(22)21(3)11-10-19-2;;/h4-7,19H,8-11H2,1-3H3;2*1H. The Morgan fingerprint density at radius 2 is 1.92 bits per heavy atom. The van der Waals surface area contributed by atoms with Crippen molar-refractivity contribution in [1.29, 1.82) is 0 Å². The molecule has 0 aliphatic rings. The number of halogens is 3. The van der Waals surface area contributed by atoms with Gasteiger partial charge in [0.15, 0.2) is 11.7 Å². The SMILES string of the molecule is CNCCN(C)C(=O)CCc1nc(C)c(-c2ccc(Br)cc2)o1.Cl.Cl. The molecule has 1 aromatic heterocycles. The van der Waals surface area contributed by atoms with Crippen LogP contribution in [0.3, 0.4) is 0 Å². The zero-order valence-corrected chi connectivity index (χ0v) is 17.8. The molecule has 5 nitrogen and oxygen atoms in total. The maximum absolute atomic E-state index is 12.0. The summed E-state index contributed by atoms with van der Waals surface area (Å²) in [5.41, 5.74) is 1.83. The number of aryl methyl sites for hydroxylation is 2. The Labute approximate surface area is 169 Å². The first-order chi connectivity index (χ1) is 11.0. The molecule has 0 fully saturated rings. The minimum atomic E-state index is 0. The first kappa shape index (κ1) is 23.9. The Balaban J connectivity index is 0.00000288. The molecule has 0 spiro atoms. The van der Waals surface area contributed by atoms with Crippen molar-refractivity contribution in [2.45, 2.75) is 19.8 Å². The van der Waals surface area contributed by atoms with E-state index in [-0.39, 0.29) is 30.7 Å². The van der Waals surface area contributed by atoms with Gasteiger partial charge in [0.1, 0.15) is 0 Å². The topological polar surface area (TPSA) is 58.4 Å². The summed E-state index contributed by atoms with van der Waals surface area (Å²) in [6.45, 7) is 3.41. The van der Waals surface area contributed by atoms with E-state index in [0.717, 1.165) is 28.0 Å². The van der Waals surface area contributed by atoms with Gasteiger partial charge in [-0.25, -0.2) is 4.98 Å². The van der Waals surface area contributed by atoms with Gasteiger partial charge in [0.2, 0.25) is 5.91 Å². The van der Waals surface area contributed by atoms with Crippen LogP contribution in [0.1, 0.15) is 18.0 Å². The van der Waals surface area contributed by atoms with E-state index >= 15 is 0 Å². The van der Waals surface area contributed by atoms with Crippen LogP contribution in [0.25, 0.3) is 11.3 Å². The number of hydrogen-bond donors (Lipinski definition) is 1. The predicted molar refractivity (Wildman–Crippen MR) is 109 cm³/mol. The van der Waals surface area contributed by atoms with E-state index in [2.05, 4.69) is 26.2 Å². The highest BCUT2D eigenvalue weighted by molar-refractivity contribution is 9.10. The van der Waals surface area contributed by atoms with Crippen LogP contribution in [0.5, 0.6) is 0 Å².